The minimum atomic E-state index is -0.566. The molecule has 2 aromatic rings. The fraction of sp³-hybridized carbons (Fsp3) is 0.333. The monoisotopic (exact) mass is 288 g/mol. The third-order valence-corrected chi connectivity index (χ3v) is 3.00. The Morgan fingerprint density at radius 2 is 2.10 bits per heavy atom. The molecule has 0 aliphatic rings. The predicted octanol–water partition coefficient (Wildman–Crippen LogP) is 1.93. The lowest BCUT2D eigenvalue weighted by atomic mass is 10.1. The average Bonchev–Trinajstić information content (AvgIpc) is 2.79. The van der Waals surface area contributed by atoms with Crippen LogP contribution in [-0.2, 0) is 7.05 Å². The first-order valence-corrected chi connectivity index (χ1v) is 6.76. The van der Waals surface area contributed by atoms with Crippen molar-refractivity contribution < 1.29 is 9.90 Å². The Hall–Kier alpha value is -2.34. The van der Waals surface area contributed by atoms with Crippen LogP contribution in [-0.4, -0.2) is 45.5 Å². The number of carbonyl (C=O) groups excluding carboxylic acids is 1. The van der Waals surface area contributed by atoms with E-state index in [9.17, 15) is 9.90 Å². The Kier molecular flexibility index (Phi) is 4.59. The van der Waals surface area contributed by atoms with Gasteiger partial charge < -0.3 is 15.3 Å². The van der Waals surface area contributed by atoms with Crippen molar-refractivity contribution in [3.05, 3.63) is 36.5 Å². The van der Waals surface area contributed by atoms with Crippen LogP contribution >= 0.6 is 0 Å². The largest absolute Gasteiger partial charge is 0.392 e. The highest BCUT2D eigenvalue weighted by molar-refractivity contribution is 5.93. The van der Waals surface area contributed by atoms with Gasteiger partial charge in [-0.25, -0.2) is 4.79 Å². The summed E-state index contributed by atoms with van der Waals surface area (Å²) in [5.74, 6) is 0. The van der Waals surface area contributed by atoms with E-state index in [1.807, 2.05) is 37.4 Å². The number of aromatic nitrogens is 2. The molecule has 1 heterocycles. The highest BCUT2D eigenvalue weighted by Gasteiger charge is 2.16. The first-order chi connectivity index (χ1) is 9.97. The number of likely N-dealkylation sites (N-methyl/N-ethyl adjacent to an activating group) is 1. The highest BCUT2D eigenvalue weighted by atomic mass is 16.3. The number of hydrogen-bond acceptors (Lipinski definition) is 3. The Labute approximate surface area is 124 Å². The van der Waals surface area contributed by atoms with Gasteiger partial charge in [-0.1, -0.05) is 30.3 Å². The quantitative estimate of drug-likeness (QED) is 0.903. The molecule has 21 heavy (non-hydrogen) atoms. The number of benzene rings is 1. The standard InChI is InChI=1S/C15H20N4O2/c1-11(20)9-18(2)15(21)16-13-10-19(3)17-14(13)12-7-5-4-6-8-12/h4-8,10-11,20H,9H2,1-3H3,(H,16,21). The van der Waals surface area contributed by atoms with E-state index in [0.29, 0.717) is 5.69 Å². The van der Waals surface area contributed by atoms with Gasteiger partial charge in [0.15, 0.2) is 0 Å². The molecule has 0 spiro atoms. The van der Waals surface area contributed by atoms with E-state index >= 15 is 0 Å². The van der Waals surface area contributed by atoms with E-state index in [1.54, 1.807) is 24.9 Å². The predicted molar refractivity (Wildman–Crippen MR) is 82.0 cm³/mol. The fourth-order valence-electron chi connectivity index (χ4n) is 2.08. The van der Waals surface area contributed by atoms with Crippen molar-refractivity contribution in [1.82, 2.24) is 14.7 Å². The van der Waals surface area contributed by atoms with Gasteiger partial charge in [-0.05, 0) is 6.92 Å². The summed E-state index contributed by atoms with van der Waals surface area (Å²) in [5.41, 5.74) is 2.30. The molecule has 1 atom stereocenters. The fourth-order valence-corrected chi connectivity index (χ4v) is 2.08. The number of aryl methyl sites for hydroxylation is 1. The molecule has 2 rings (SSSR count). The lowest BCUT2D eigenvalue weighted by Gasteiger charge is -2.19. The lowest BCUT2D eigenvalue weighted by Crippen LogP contribution is -2.36. The zero-order valence-corrected chi connectivity index (χ0v) is 12.4. The molecule has 1 aromatic heterocycles. The van der Waals surface area contributed by atoms with Gasteiger partial charge in [0.05, 0.1) is 11.8 Å². The van der Waals surface area contributed by atoms with Crippen molar-refractivity contribution in [1.29, 1.82) is 0 Å². The molecular weight excluding hydrogens is 268 g/mol. The summed E-state index contributed by atoms with van der Waals surface area (Å²) in [7, 11) is 3.45. The molecule has 112 valence electrons. The van der Waals surface area contributed by atoms with Gasteiger partial charge in [0.25, 0.3) is 0 Å². The van der Waals surface area contributed by atoms with Gasteiger partial charge in [0.1, 0.15) is 5.69 Å². The number of rotatable bonds is 4. The summed E-state index contributed by atoms with van der Waals surface area (Å²) in [6.45, 7) is 1.91. The zero-order valence-electron chi connectivity index (χ0n) is 12.4. The number of nitrogens with zero attached hydrogens (tertiary/aromatic N) is 3. The molecule has 2 N–H and O–H groups in total. The molecule has 1 unspecified atom stereocenters. The van der Waals surface area contributed by atoms with E-state index in [0.717, 1.165) is 11.3 Å². The van der Waals surface area contributed by atoms with Crippen LogP contribution in [0, 0.1) is 0 Å². The number of aliphatic hydroxyl groups excluding tert-OH is 1. The van der Waals surface area contributed by atoms with Crippen LogP contribution in [0.5, 0.6) is 0 Å². The third-order valence-electron chi connectivity index (χ3n) is 3.00. The van der Waals surface area contributed by atoms with Gasteiger partial charge in [-0.3, -0.25) is 4.68 Å². The molecule has 0 saturated carbocycles. The molecule has 6 heteroatoms. The normalized spacial score (nSPS) is 12.0. The number of carbonyl (C=O) groups is 1. The molecule has 0 fully saturated rings. The molecule has 1 aromatic carbocycles. The van der Waals surface area contributed by atoms with Crippen LogP contribution in [0.3, 0.4) is 0 Å². The summed E-state index contributed by atoms with van der Waals surface area (Å²) in [4.78, 5) is 13.5. The smallest absolute Gasteiger partial charge is 0.321 e. The van der Waals surface area contributed by atoms with Crippen molar-refractivity contribution in [2.45, 2.75) is 13.0 Å². The number of urea groups is 1. The molecule has 6 nitrogen and oxygen atoms in total. The van der Waals surface area contributed by atoms with Crippen molar-refractivity contribution >= 4 is 11.7 Å². The van der Waals surface area contributed by atoms with E-state index in [-0.39, 0.29) is 12.6 Å². The molecule has 0 bridgehead atoms. The van der Waals surface area contributed by atoms with Crippen LogP contribution in [0.4, 0.5) is 10.5 Å². The minimum absolute atomic E-state index is 0.271. The summed E-state index contributed by atoms with van der Waals surface area (Å²) in [6, 6.07) is 9.39. The second-order valence-electron chi connectivity index (χ2n) is 5.09. The SMILES string of the molecule is CC(O)CN(C)C(=O)Nc1cn(C)nc1-c1ccccc1. The maximum atomic E-state index is 12.1. The van der Waals surface area contributed by atoms with Crippen LogP contribution < -0.4 is 5.32 Å². The molecular formula is C15H20N4O2. The zero-order chi connectivity index (χ0) is 15.4. The second kappa shape index (κ2) is 6.41. The Bertz CT molecular complexity index is 607. The van der Waals surface area contributed by atoms with Gasteiger partial charge in [-0.15, -0.1) is 0 Å². The third kappa shape index (κ3) is 3.82. The molecule has 0 radical (unpaired) electrons. The Balaban J connectivity index is 2.19. The first kappa shape index (κ1) is 15.1. The number of amides is 2. The summed E-state index contributed by atoms with van der Waals surface area (Å²) in [6.07, 6.45) is 1.19. The van der Waals surface area contributed by atoms with E-state index in [1.165, 1.54) is 4.90 Å². The summed E-state index contributed by atoms with van der Waals surface area (Å²) >= 11 is 0. The van der Waals surface area contributed by atoms with Gasteiger partial charge in [0.2, 0.25) is 0 Å². The van der Waals surface area contributed by atoms with Crippen LogP contribution in [0.15, 0.2) is 36.5 Å². The lowest BCUT2D eigenvalue weighted by molar-refractivity contribution is 0.149. The van der Waals surface area contributed by atoms with Crippen LogP contribution in [0.2, 0.25) is 0 Å². The topological polar surface area (TPSA) is 70.4 Å². The highest BCUT2D eigenvalue weighted by Crippen LogP contribution is 2.26. The Morgan fingerprint density at radius 1 is 1.43 bits per heavy atom. The number of anilines is 1. The number of aliphatic hydroxyl groups is 1. The van der Waals surface area contributed by atoms with Gasteiger partial charge in [0, 0.05) is 32.4 Å². The maximum Gasteiger partial charge on any atom is 0.321 e. The minimum Gasteiger partial charge on any atom is -0.392 e. The van der Waals surface area contributed by atoms with Crippen molar-refractivity contribution in [3.63, 3.8) is 0 Å². The van der Waals surface area contributed by atoms with E-state index in [2.05, 4.69) is 10.4 Å². The second-order valence-corrected chi connectivity index (χ2v) is 5.09. The van der Waals surface area contributed by atoms with E-state index < -0.39 is 6.10 Å². The number of hydrogen-bond donors (Lipinski definition) is 2. The molecule has 0 aliphatic heterocycles. The molecule has 0 aliphatic carbocycles. The van der Waals surface area contributed by atoms with Crippen molar-refractivity contribution in [3.8, 4) is 11.3 Å². The van der Waals surface area contributed by atoms with Crippen LogP contribution in [0.25, 0.3) is 11.3 Å². The summed E-state index contributed by atoms with van der Waals surface area (Å²) in [5, 5.41) is 16.6. The molecule has 0 saturated heterocycles. The van der Waals surface area contributed by atoms with Crippen molar-refractivity contribution in [2.75, 3.05) is 18.9 Å². The summed E-state index contributed by atoms with van der Waals surface area (Å²) < 4.78 is 1.66. The first-order valence-electron chi connectivity index (χ1n) is 6.76. The average molecular weight is 288 g/mol. The molecule has 2 amide bonds. The maximum absolute atomic E-state index is 12.1. The number of nitrogens with one attached hydrogen (secondary N) is 1. The van der Waals surface area contributed by atoms with Crippen LogP contribution in [0.1, 0.15) is 6.92 Å². The van der Waals surface area contributed by atoms with Gasteiger partial charge >= 0.3 is 6.03 Å². The van der Waals surface area contributed by atoms with E-state index in [4.69, 9.17) is 0 Å². The Morgan fingerprint density at radius 3 is 2.71 bits per heavy atom. The van der Waals surface area contributed by atoms with Crippen molar-refractivity contribution in [2.24, 2.45) is 7.05 Å². The van der Waals surface area contributed by atoms with Gasteiger partial charge in [-0.2, -0.15) is 5.10 Å².